The lowest BCUT2D eigenvalue weighted by Crippen LogP contribution is -2.21. The molecule has 154 valence electrons. The molecule has 0 spiro atoms. The van der Waals surface area contributed by atoms with Crippen LogP contribution in [0.3, 0.4) is 0 Å². The van der Waals surface area contributed by atoms with Crippen molar-refractivity contribution in [3.8, 4) is 11.5 Å². The number of nitro benzene ring substituents is 1. The minimum Gasteiger partial charge on any atom is -0.480 e. The maximum absolute atomic E-state index is 15.3. The molecule has 3 aromatic rings. The van der Waals surface area contributed by atoms with Crippen molar-refractivity contribution in [3.05, 3.63) is 84.2 Å². The molecule has 12 heteroatoms. The normalized spacial score (nSPS) is 11.7. The molecule has 0 saturated heterocycles. The summed E-state index contributed by atoms with van der Waals surface area (Å²) in [5, 5.41) is 26.9. The van der Waals surface area contributed by atoms with Gasteiger partial charge in [0.15, 0.2) is 5.82 Å². The van der Waals surface area contributed by atoms with Crippen molar-refractivity contribution in [2.75, 3.05) is 0 Å². The Kier molecular flexibility index (Phi) is 5.87. The monoisotopic (exact) mass is 478 g/mol. The number of aromatic amines is 1. The van der Waals surface area contributed by atoms with Gasteiger partial charge in [0.1, 0.15) is 11.7 Å². The molecule has 0 aliphatic heterocycles. The van der Waals surface area contributed by atoms with Gasteiger partial charge in [-0.3, -0.25) is 24.7 Å². The quantitative estimate of drug-likeness (QED) is 0.404. The molecule has 1 atom stereocenters. The van der Waals surface area contributed by atoms with Crippen LogP contribution in [0.5, 0.6) is 11.5 Å². The van der Waals surface area contributed by atoms with Crippen molar-refractivity contribution >= 4 is 27.6 Å². The average Bonchev–Trinajstić information content (AvgIpc) is 2.67. The van der Waals surface area contributed by atoms with E-state index in [4.69, 9.17) is 4.74 Å². The van der Waals surface area contributed by atoms with E-state index >= 15 is 4.39 Å². The third-order valence-corrected chi connectivity index (χ3v) is 4.50. The summed E-state index contributed by atoms with van der Waals surface area (Å²) in [6.45, 7) is 1.43. The van der Waals surface area contributed by atoms with Crippen LogP contribution in [0.15, 0.2) is 45.9 Å². The van der Waals surface area contributed by atoms with Crippen LogP contribution >= 0.6 is 15.9 Å². The fourth-order valence-electron chi connectivity index (χ4n) is 2.68. The summed E-state index contributed by atoms with van der Waals surface area (Å²) >= 11 is 3.16. The summed E-state index contributed by atoms with van der Waals surface area (Å²) in [5.41, 5.74) is -1.64. The van der Waals surface area contributed by atoms with E-state index in [-0.39, 0.29) is 17.0 Å². The van der Waals surface area contributed by atoms with Gasteiger partial charge in [-0.15, -0.1) is 0 Å². The molecule has 3 rings (SSSR count). The first-order valence-electron chi connectivity index (χ1n) is 8.23. The van der Waals surface area contributed by atoms with E-state index < -0.39 is 45.2 Å². The lowest BCUT2D eigenvalue weighted by molar-refractivity contribution is -0.385. The van der Waals surface area contributed by atoms with Gasteiger partial charge < -0.3 is 9.84 Å². The highest BCUT2D eigenvalue weighted by Gasteiger charge is 2.33. The molecule has 30 heavy (non-hydrogen) atoms. The highest BCUT2D eigenvalue weighted by Crippen LogP contribution is 2.39. The molecule has 0 aliphatic rings. The summed E-state index contributed by atoms with van der Waals surface area (Å²) in [7, 11) is 0. The van der Waals surface area contributed by atoms with Gasteiger partial charge in [-0.2, -0.15) is 5.10 Å². The molecule has 2 aromatic heterocycles. The average molecular weight is 479 g/mol. The van der Waals surface area contributed by atoms with Crippen molar-refractivity contribution in [2.45, 2.75) is 12.8 Å². The van der Waals surface area contributed by atoms with Crippen molar-refractivity contribution in [3.63, 3.8) is 0 Å². The summed E-state index contributed by atoms with van der Waals surface area (Å²) < 4.78 is 21.2. The van der Waals surface area contributed by atoms with Gasteiger partial charge in [-0.25, -0.2) is 9.49 Å². The van der Waals surface area contributed by atoms with Crippen molar-refractivity contribution in [1.82, 2.24) is 15.2 Å². The SMILES string of the molecule is Cc1cc(C(C(=O)O)c2ccc([N+](=O)[O-])c(Oc3cncc(Br)c3)c2F)n[nH]c1=O. The fourth-order valence-corrected chi connectivity index (χ4v) is 3.02. The number of aromatic nitrogens is 3. The number of nitro groups is 1. The summed E-state index contributed by atoms with van der Waals surface area (Å²) in [6, 6.07) is 4.52. The van der Waals surface area contributed by atoms with Gasteiger partial charge in [0.05, 0.1) is 16.8 Å². The number of aryl methyl sites for hydroxylation is 1. The van der Waals surface area contributed by atoms with E-state index in [2.05, 4.69) is 31.1 Å². The lowest BCUT2D eigenvalue weighted by atomic mass is 9.93. The van der Waals surface area contributed by atoms with E-state index in [1.807, 2.05) is 0 Å². The van der Waals surface area contributed by atoms with Crippen molar-refractivity contribution in [2.24, 2.45) is 0 Å². The highest BCUT2D eigenvalue weighted by atomic mass is 79.9. The van der Waals surface area contributed by atoms with Crippen molar-refractivity contribution in [1.29, 1.82) is 0 Å². The van der Waals surface area contributed by atoms with Gasteiger partial charge in [0, 0.05) is 27.9 Å². The smallest absolute Gasteiger partial charge is 0.317 e. The standard InChI is InChI=1S/C18H12BrFN4O6/c1-8-4-12(22-23-17(8)25)14(18(26)27)11-2-3-13(24(28)29)16(15(11)20)30-10-5-9(19)6-21-7-10/h2-7,14H,1H3,(H,23,25)(H,26,27). The summed E-state index contributed by atoms with van der Waals surface area (Å²) in [4.78, 5) is 37.8. The zero-order valence-corrected chi connectivity index (χ0v) is 16.7. The molecule has 0 bridgehead atoms. The molecule has 0 fully saturated rings. The minimum absolute atomic E-state index is 0.00610. The first-order valence-corrected chi connectivity index (χ1v) is 9.02. The van der Waals surface area contributed by atoms with Crippen LogP contribution in [0.1, 0.15) is 22.7 Å². The Morgan fingerprint density at radius 1 is 1.37 bits per heavy atom. The number of carboxylic acids is 1. The Balaban J connectivity index is 2.18. The molecule has 0 aliphatic carbocycles. The van der Waals surface area contributed by atoms with Gasteiger partial charge >= 0.3 is 11.7 Å². The lowest BCUT2D eigenvalue weighted by Gasteiger charge is -2.16. The summed E-state index contributed by atoms with van der Waals surface area (Å²) in [6.07, 6.45) is 2.64. The number of H-pyrrole nitrogens is 1. The maximum Gasteiger partial charge on any atom is 0.317 e. The molecule has 0 radical (unpaired) electrons. The Morgan fingerprint density at radius 2 is 2.10 bits per heavy atom. The number of benzene rings is 1. The summed E-state index contributed by atoms with van der Waals surface area (Å²) in [5.74, 6) is -5.15. The van der Waals surface area contributed by atoms with Crippen molar-refractivity contribution < 1.29 is 24.0 Å². The highest BCUT2D eigenvalue weighted by molar-refractivity contribution is 9.10. The predicted octanol–water partition coefficient (Wildman–Crippen LogP) is 3.29. The number of pyridine rings is 1. The number of nitrogens with zero attached hydrogens (tertiary/aromatic N) is 3. The number of ether oxygens (including phenoxy) is 1. The van der Waals surface area contributed by atoms with E-state index in [1.165, 1.54) is 31.5 Å². The molecule has 2 N–H and O–H groups in total. The number of halogens is 2. The fraction of sp³-hybridized carbons (Fsp3) is 0.111. The maximum atomic E-state index is 15.3. The third kappa shape index (κ3) is 4.17. The zero-order valence-electron chi connectivity index (χ0n) is 15.1. The van der Waals surface area contributed by atoms with Crippen LogP contribution in [0.2, 0.25) is 0 Å². The number of aliphatic carboxylic acids is 1. The first-order chi connectivity index (χ1) is 14.2. The number of hydrogen-bond acceptors (Lipinski definition) is 7. The topological polar surface area (TPSA) is 148 Å². The van der Waals surface area contributed by atoms with Crippen LogP contribution < -0.4 is 10.3 Å². The number of nitrogens with one attached hydrogen (secondary N) is 1. The molecule has 1 unspecified atom stereocenters. The minimum atomic E-state index is -1.65. The molecular weight excluding hydrogens is 467 g/mol. The largest absolute Gasteiger partial charge is 0.480 e. The van der Waals surface area contributed by atoms with Crippen LogP contribution in [0.4, 0.5) is 10.1 Å². The Hall–Kier alpha value is -3.67. The van der Waals surface area contributed by atoms with Crippen LogP contribution in [-0.2, 0) is 4.79 Å². The number of carbonyl (C=O) groups is 1. The molecule has 0 amide bonds. The van der Waals surface area contributed by atoms with Gasteiger partial charge in [0.2, 0.25) is 5.75 Å². The van der Waals surface area contributed by atoms with E-state index in [1.54, 1.807) is 0 Å². The van der Waals surface area contributed by atoms with Gasteiger partial charge in [-0.1, -0.05) is 0 Å². The molecule has 1 aromatic carbocycles. The van der Waals surface area contributed by atoms with E-state index in [9.17, 15) is 24.8 Å². The van der Waals surface area contributed by atoms with Gasteiger partial charge in [0.25, 0.3) is 5.56 Å². The first kappa shape index (κ1) is 21.0. The van der Waals surface area contributed by atoms with E-state index in [0.29, 0.717) is 4.47 Å². The number of carboxylic acid groups (broad SMARTS) is 1. The third-order valence-electron chi connectivity index (χ3n) is 4.07. The van der Waals surface area contributed by atoms with E-state index in [0.717, 1.165) is 12.1 Å². The Morgan fingerprint density at radius 3 is 2.70 bits per heavy atom. The van der Waals surface area contributed by atoms with Crippen LogP contribution in [-0.4, -0.2) is 31.2 Å². The second-order valence-corrected chi connectivity index (χ2v) is 7.01. The Labute approximate surface area is 175 Å². The van der Waals surface area contributed by atoms with Crippen LogP contribution in [0, 0.1) is 22.9 Å². The van der Waals surface area contributed by atoms with Gasteiger partial charge in [-0.05, 0) is 41.1 Å². The zero-order chi connectivity index (χ0) is 22.0. The molecule has 2 heterocycles. The molecule has 0 saturated carbocycles. The predicted molar refractivity (Wildman–Crippen MR) is 104 cm³/mol. The number of rotatable bonds is 6. The molecular formula is C18H12BrFN4O6. The second kappa shape index (κ2) is 8.37. The van der Waals surface area contributed by atoms with Crippen LogP contribution in [0.25, 0.3) is 0 Å². The Bertz CT molecular complexity index is 1220. The number of hydrogen-bond donors (Lipinski definition) is 2. The second-order valence-electron chi connectivity index (χ2n) is 6.09. The molecule has 10 nitrogen and oxygen atoms in total.